The molecule has 1 aliphatic rings. The Balaban J connectivity index is 1.34. The molecule has 198 valence electrons. The normalized spacial score (nSPS) is 13.3. The molecule has 6 aromatic rings. The second-order valence-electron chi connectivity index (χ2n) is 11.7. The van der Waals surface area contributed by atoms with Crippen LogP contribution in [0.4, 0.5) is 17.1 Å². The summed E-state index contributed by atoms with van der Waals surface area (Å²) >= 11 is 0. The van der Waals surface area contributed by atoms with E-state index in [1.165, 1.54) is 33.2 Å². The Labute approximate surface area is 235 Å². The van der Waals surface area contributed by atoms with Crippen LogP contribution < -0.4 is 14.5 Å². The van der Waals surface area contributed by atoms with Crippen LogP contribution in [-0.2, 0) is 5.41 Å². The molecule has 7 rings (SSSR count). The first-order valence-corrected chi connectivity index (χ1v) is 13.9. The average Bonchev–Trinajstić information content (AvgIpc) is 3.47. The second-order valence-corrected chi connectivity index (χ2v) is 11.7. The summed E-state index contributed by atoms with van der Waals surface area (Å²) in [6, 6.07) is 40.8. The maximum atomic E-state index is 6.67. The van der Waals surface area contributed by atoms with Crippen LogP contribution in [0.2, 0.25) is 0 Å². The molecule has 40 heavy (non-hydrogen) atoms. The Bertz CT molecular complexity index is 1860. The van der Waals surface area contributed by atoms with E-state index in [1.54, 1.807) is 0 Å². The average molecular weight is 524 g/mol. The number of para-hydroxylation sites is 4. The highest BCUT2D eigenvalue weighted by Crippen LogP contribution is 2.43. The molecule has 0 aliphatic carbocycles. The van der Waals surface area contributed by atoms with Crippen molar-refractivity contribution in [3.63, 3.8) is 0 Å². The van der Waals surface area contributed by atoms with Crippen LogP contribution in [0.15, 0.2) is 115 Å². The highest BCUT2D eigenvalue weighted by Gasteiger charge is 2.26. The summed E-state index contributed by atoms with van der Waals surface area (Å²) in [5, 5.41) is 2.45. The topological polar surface area (TPSA) is 20.6 Å². The zero-order valence-electron chi connectivity index (χ0n) is 23.4. The third-order valence-corrected chi connectivity index (χ3v) is 7.90. The number of hydrogen-bond acceptors (Lipinski definition) is 3. The molecule has 1 aliphatic heterocycles. The summed E-state index contributed by atoms with van der Waals surface area (Å²) in [5.41, 5.74) is 8.27. The van der Waals surface area contributed by atoms with Gasteiger partial charge >= 0.3 is 0 Å². The van der Waals surface area contributed by atoms with Crippen LogP contribution in [-0.4, -0.2) is 18.3 Å². The third kappa shape index (κ3) is 4.08. The molecular weight excluding hydrogens is 490 g/mol. The molecular formula is C36H33N3O. The molecule has 0 radical (unpaired) electrons. The van der Waals surface area contributed by atoms with Crippen molar-refractivity contribution in [1.29, 1.82) is 0 Å². The molecule has 5 aromatic carbocycles. The van der Waals surface area contributed by atoms with E-state index in [9.17, 15) is 0 Å². The molecule has 0 saturated heterocycles. The lowest BCUT2D eigenvalue weighted by Crippen LogP contribution is -2.24. The summed E-state index contributed by atoms with van der Waals surface area (Å²) in [7, 11) is 2.14. The van der Waals surface area contributed by atoms with Gasteiger partial charge in [0.15, 0.2) is 0 Å². The molecule has 2 heterocycles. The number of aromatic nitrogens is 1. The highest BCUT2D eigenvalue weighted by atomic mass is 16.5. The fourth-order valence-electron chi connectivity index (χ4n) is 5.84. The quantitative estimate of drug-likeness (QED) is 0.230. The number of hydrogen-bond donors (Lipinski definition) is 0. The number of nitrogens with zero attached hydrogens (tertiary/aromatic N) is 3. The van der Waals surface area contributed by atoms with Gasteiger partial charge in [-0.2, -0.15) is 0 Å². The predicted molar refractivity (Wildman–Crippen MR) is 168 cm³/mol. The van der Waals surface area contributed by atoms with Gasteiger partial charge in [0, 0.05) is 41.3 Å². The number of anilines is 3. The van der Waals surface area contributed by atoms with E-state index in [1.807, 2.05) is 0 Å². The Morgan fingerprint density at radius 2 is 1.30 bits per heavy atom. The predicted octanol–water partition coefficient (Wildman–Crippen LogP) is 9.42. The number of rotatable bonds is 4. The lowest BCUT2D eigenvalue weighted by Gasteiger charge is -2.25. The van der Waals surface area contributed by atoms with Crippen molar-refractivity contribution < 1.29 is 4.74 Å². The lowest BCUT2D eigenvalue weighted by molar-refractivity contribution is 0.479. The maximum absolute atomic E-state index is 6.67. The Kier molecular flexibility index (Phi) is 5.60. The van der Waals surface area contributed by atoms with E-state index in [2.05, 4.69) is 157 Å². The van der Waals surface area contributed by atoms with Crippen LogP contribution in [0, 0.1) is 0 Å². The molecule has 0 bridgehead atoms. The zero-order chi connectivity index (χ0) is 27.4. The lowest BCUT2D eigenvalue weighted by atomic mass is 9.86. The van der Waals surface area contributed by atoms with Crippen molar-refractivity contribution in [2.24, 2.45) is 0 Å². The molecule has 4 heteroatoms. The van der Waals surface area contributed by atoms with E-state index in [0.717, 1.165) is 35.1 Å². The second kappa shape index (κ2) is 9.20. The zero-order valence-corrected chi connectivity index (χ0v) is 23.4. The Morgan fingerprint density at radius 1 is 0.600 bits per heavy atom. The van der Waals surface area contributed by atoms with Crippen LogP contribution >= 0.6 is 0 Å². The van der Waals surface area contributed by atoms with E-state index in [-0.39, 0.29) is 5.41 Å². The number of ether oxygens (including phenoxy) is 1. The maximum Gasteiger partial charge on any atom is 0.129 e. The summed E-state index contributed by atoms with van der Waals surface area (Å²) in [6.07, 6.45) is 0. The van der Waals surface area contributed by atoms with Gasteiger partial charge in [-0.3, -0.25) is 0 Å². The SMILES string of the molecule is CN1CN(c2cc(Oc3ccc4c5ccccc5n(-c5ccccc5)c4c3)cc(C(C)(C)C)c2)c2ccccc21. The van der Waals surface area contributed by atoms with Gasteiger partial charge in [-0.15, -0.1) is 0 Å². The van der Waals surface area contributed by atoms with E-state index < -0.39 is 0 Å². The fourth-order valence-corrected chi connectivity index (χ4v) is 5.84. The van der Waals surface area contributed by atoms with Crippen molar-refractivity contribution >= 4 is 38.9 Å². The number of fused-ring (bicyclic) bond motifs is 4. The van der Waals surface area contributed by atoms with Gasteiger partial charge in [-0.1, -0.05) is 69.3 Å². The van der Waals surface area contributed by atoms with Crippen molar-refractivity contribution in [2.45, 2.75) is 26.2 Å². The van der Waals surface area contributed by atoms with Crippen molar-refractivity contribution in [3.05, 3.63) is 121 Å². The van der Waals surface area contributed by atoms with Gasteiger partial charge in [0.05, 0.1) is 29.1 Å². The summed E-state index contributed by atoms with van der Waals surface area (Å²) in [5.74, 6) is 1.67. The van der Waals surface area contributed by atoms with Gasteiger partial charge in [0.2, 0.25) is 0 Å². The van der Waals surface area contributed by atoms with Gasteiger partial charge in [0.25, 0.3) is 0 Å². The van der Waals surface area contributed by atoms with Crippen LogP contribution in [0.3, 0.4) is 0 Å². The highest BCUT2D eigenvalue weighted by molar-refractivity contribution is 6.09. The minimum atomic E-state index is -0.0248. The first kappa shape index (κ1) is 24.3. The van der Waals surface area contributed by atoms with Crippen LogP contribution in [0.25, 0.3) is 27.5 Å². The minimum absolute atomic E-state index is 0.0248. The van der Waals surface area contributed by atoms with Crippen molar-refractivity contribution in [1.82, 2.24) is 4.57 Å². The van der Waals surface area contributed by atoms with E-state index in [0.29, 0.717) is 0 Å². The Morgan fingerprint density at radius 3 is 2.10 bits per heavy atom. The summed E-state index contributed by atoms with van der Waals surface area (Å²) < 4.78 is 9.00. The van der Waals surface area contributed by atoms with Gasteiger partial charge in [-0.25, -0.2) is 0 Å². The largest absolute Gasteiger partial charge is 0.457 e. The molecule has 0 fully saturated rings. The molecule has 0 spiro atoms. The van der Waals surface area contributed by atoms with Gasteiger partial charge in [0.1, 0.15) is 11.5 Å². The van der Waals surface area contributed by atoms with Crippen molar-refractivity contribution in [3.8, 4) is 17.2 Å². The molecule has 0 saturated carbocycles. The Hall–Kier alpha value is -4.70. The van der Waals surface area contributed by atoms with Crippen molar-refractivity contribution in [2.75, 3.05) is 23.5 Å². The first-order chi connectivity index (χ1) is 19.4. The monoisotopic (exact) mass is 523 g/mol. The molecule has 1 aromatic heterocycles. The molecule has 0 N–H and O–H groups in total. The van der Waals surface area contributed by atoms with Gasteiger partial charge < -0.3 is 19.1 Å². The first-order valence-electron chi connectivity index (χ1n) is 13.9. The molecule has 0 unspecified atom stereocenters. The van der Waals surface area contributed by atoms with Gasteiger partial charge in [-0.05, 0) is 65.6 Å². The molecule has 0 atom stereocenters. The summed E-state index contributed by atoms with van der Waals surface area (Å²) in [6.45, 7) is 7.56. The van der Waals surface area contributed by atoms with E-state index in [4.69, 9.17) is 4.74 Å². The fraction of sp³-hybridized carbons (Fsp3) is 0.167. The van der Waals surface area contributed by atoms with Crippen LogP contribution in [0.5, 0.6) is 11.5 Å². The summed E-state index contributed by atoms with van der Waals surface area (Å²) in [4.78, 5) is 4.66. The van der Waals surface area contributed by atoms with Crippen LogP contribution in [0.1, 0.15) is 26.3 Å². The smallest absolute Gasteiger partial charge is 0.129 e. The molecule has 0 amide bonds. The van der Waals surface area contributed by atoms with E-state index >= 15 is 0 Å². The number of benzene rings is 5. The minimum Gasteiger partial charge on any atom is -0.457 e. The standard InChI is InChI=1S/C36H33N3O/c1-36(2,3)25-20-27(38-24-37(4)33-16-10-11-17-34(33)38)22-29(21-25)40-28-18-19-31-30-14-8-9-15-32(30)39(35(31)23-28)26-12-6-5-7-13-26/h5-23H,24H2,1-4H3. The third-order valence-electron chi connectivity index (χ3n) is 7.90. The molecule has 4 nitrogen and oxygen atoms in total.